The number of fused-ring (bicyclic) bond motifs is 1. The van der Waals surface area contributed by atoms with Crippen LogP contribution in [0.25, 0.3) is 5.65 Å². The summed E-state index contributed by atoms with van der Waals surface area (Å²) in [4.78, 5) is 16.3. The Morgan fingerprint density at radius 3 is 2.94 bits per heavy atom. The van der Waals surface area contributed by atoms with Gasteiger partial charge in [-0.3, -0.25) is 9.89 Å². The van der Waals surface area contributed by atoms with Crippen molar-refractivity contribution in [3.8, 4) is 6.07 Å². The highest BCUT2D eigenvalue weighted by Crippen LogP contribution is 2.32. The van der Waals surface area contributed by atoms with Gasteiger partial charge in [-0.25, -0.2) is 9.50 Å². The zero-order chi connectivity index (χ0) is 11.8. The number of H-pyrrole nitrogens is 1. The molecule has 86 valence electrons. The molecule has 1 aliphatic carbocycles. The maximum atomic E-state index is 11.9. The van der Waals surface area contributed by atoms with E-state index in [4.69, 9.17) is 5.26 Å². The third kappa shape index (κ3) is 1.53. The second-order valence-corrected chi connectivity index (χ2v) is 4.46. The Morgan fingerprint density at radius 1 is 1.47 bits per heavy atom. The van der Waals surface area contributed by atoms with E-state index in [1.54, 1.807) is 6.07 Å². The molecular formula is C12H12N4O. The normalized spacial score (nSPS) is 16.4. The number of aromatic nitrogens is 3. The highest BCUT2D eigenvalue weighted by atomic mass is 16.1. The minimum atomic E-state index is -0.140. The zero-order valence-corrected chi connectivity index (χ0v) is 9.31. The molecule has 1 fully saturated rings. The summed E-state index contributed by atoms with van der Waals surface area (Å²) in [6, 6.07) is 3.63. The van der Waals surface area contributed by atoms with E-state index in [1.807, 2.05) is 6.07 Å². The van der Waals surface area contributed by atoms with Crippen molar-refractivity contribution in [2.45, 2.75) is 31.6 Å². The van der Waals surface area contributed by atoms with Gasteiger partial charge in [0.1, 0.15) is 11.6 Å². The highest BCUT2D eigenvalue weighted by Gasteiger charge is 2.20. The first-order valence-electron chi connectivity index (χ1n) is 5.81. The fourth-order valence-corrected chi connectivity index (χ4v) is 2.51. The lowest BCUT2D eigenvalue weighted by Gasteiger charge is -2.07. The Kier molecular flexibility index (Phi) is 2.22. The third-order valence-electron chi connectivity index (χ3n) is 3.41. The summed E-state index contributed by atoms with van der Waals surface area (Å²) in [7, 11) is 0. The number of nitrogens with zero attached hydrogens (tertiary/aromatic N) is 3. The third-order valence-corrected chi connectivity index (χ3v) is 3.41. The molecule has 0 saturated heterocycles. The van der Waals surface area contributed by atoms with Crippen LogP contribution in [0.3, 0.4) is 0 Å². The van der Waals surface area contributed by atoms with E-state index in [1.165, 1.54) is 23.6 Å². The Bertz CT molecular complexity index is 655. The standard InChI is InChI=1S/C12H12N4O/c13-6-9-7-14-16-11(17)5-10(15-12(9)16)8-3-1-2-4-8/h5,7-8,14H,1-4H2. The van der Waals surface area contributed by atoms with E-state index in [0.717, 1.165) is 18.5 Å². The second kappa shape index (κ2) is 3.74. The molecule has 0 aromatic carbocycles. The first kappa shape index (κ1) is 10.1. The van der Waals surface area contributed by atoms with Crippen molar-refractivity contribution in [2.24, 2.45) is 0 Å². The van der Waals surface area contributed by atoms with Gasteiger partial charge in [0.15, 0.2) is 5.65 Å². The molecular weight excluding hydrogens is 216 g/mol. The van der Waals surface area contributed by atoms with Crippen molar-refractivity contribution in [1.29, 1.82) is 5.26 Å². The first-order chi connectivity index (χ1) is 8.29. The van der Waals surface area contributed by atoms with Crippen molar-refractivity contribution in [3.63, 3.8) is 0 Å². The maximum absolute atomic E-state index is 11.9. The van der Waals surface area contributed by atoms with E-state index in [-0.39, 0.29) is 5.56 Å². The average Bonchev–Trinajstić information content (AvgIpc) is 2.97. The van der Waals surface area contributed by atoms with Crippen molar-refractivity contribution in [3.05, 3.63) is 33.9 Å². The molecule has 0 aliphatic heterocycles. The summed E-state index contributed by atoms with van der Waals surface area (Å²) in [5.74, 6) is 0.383. The van der Waals surface area contributed by atoms with Crippen LogP contribution < -0.4 is 5.56 Å². The molecule has 1 aliphatic rings. The zero-order valence-electron chi connectivity index (χ0n) is 9.31. The summed E-state index contributed by atoms with van der Waals surface area (Å²) in [6.07, 6.45) is 6.10. The van der Waals surface area contributed by atoms with Gasteiger partial charge in [-0.2, -0.15) is 5.26 Å². The molecule has 0 atom stereocenters. The van der Waals surface area contributed by atoms with Gasteiger partial charge in [0, 0.05) is 18.2 Å². The molecule has 0 bridgehead atoms. The minimum Gasteiger partial charge on any atom is -0.295 e. The van der Waals surface area contributed by atoms with Gasteiger partial charge >= 0.3 is 0 Å². The molecule has 2 aromatic rings. The lowest BCUT2D eigenvalue weighted by molar-refractivity contribution is 0.691. The summed E-state index contributed by atoms with van der Waals surface area (Å²) in [6.45, 7) is 0. The van der Waals surface area contributed by atoms with Crippen LogP contribution in [0.15, 0.2) is 17.1 Å². The SMILES string of the molecule is N#Cc1c[nH]n2c(=O)cc(C3CCCC3)nc12. The number of hydrogen-bond donors (Lipinski definition) is 1. The number of nitrogens with one attached hydrogen (secondary N) is 1. The van der Waals surface area contributed by atoms with Crippen LogP contribution >= 0.6 is 0 Å². The lowest BCUT2D eigenvalue weighted by Crippen LogP contribution is -2.16. The van der Waals surface area contributed by atoms with Crippen LogP contribution in [0.4, 0.5) is 0 Å². The molecule has 3 rings (SSSR count). The van der Waals surface area contributed by atoms with Crippen molar-refractivity contribution in [1.82, 2.24) is 14.6 Å². The quantitative estimate of drug-likeness (QED) is 0.804. The predicted molar refractivity (Wildman–Crippen MR) is 61.7 cm³/mol. The predicted octanol–water partition coefficient (Wildman–Crippen LogP) is 1.55. The number of nitriles is 1. The van der Waals surface area contributed by atoms with E-state index in [9.17, 15) is 4.79 Å². The molecule has 5 heteroatoms. The van der Waals surface area contributed by atoms with E-state index in [2.05, 4.69) is 10.1 Å². The smallest absolute Gasteiger partial charge is 0.272 e. The van der Waals surface area contributed by atoms with Crippen LogP contribution in [0, 0.1) is 11.3 Å². The Morgan fingerprint density at radius 2 is 2.24 bits per heavy atom. The fraction of sp³-hybridized carbons (Fsp3) is 0.417. The molecule has 0 radical (unpaired) electrons. The van der Waals surface area contributed by atoms with E-state index >= 15 is 0 Å². The van der Waals surface area contributed by atoms with E-state index < -0.39 is 0 Å². The average molecular weight is 228 g/mol. The van der Waals surface area contributed by atoms with Gasteiger partial charge in [-0.15, -0.1) is 0 Å². The van der Waals surface area contributed by atoms with Gasteiger partial charge in [-0.1, -0.05) is 12.8 Å². The molecule has 1 saturated carbocycles. The van der Waals surface area contributed by atoms with Gasteiger partial charge in [0.05, 0.1) is 5.69 Å². The van der Waals surface area contributed by atoms with Crippen LogP contribution in [-0.4, -0.2) is 14.6 Å². The number of hydrogen-bond acceptors (Lipinski definition) is 3. The number of aromatic amines is 1. The largest absolute Gasteiger partial charge is 0.295 e. The monoisotopic (exact) mass is 228 g/mol. The first-order valence-corrected chi connectivity index (χ1v) is 5.81. The Labute approximate surface area is 97.7 Å². The topological polar surface area (TPSA) is 73.9 Å². The molecule has 1 N–H and O–H groups in total. The second-order valence-electron chi connectivity index (χ2n) is 4.46. The summed E-state index contributed by atoms with van der Waals surface area (Å²) >= 11 is 0. The molecule has 0 unspecified atom stereocenters. The summed E-state index contributed by atoms with van der Waals surface area (Å²) in [5, 5.41) is 11.7. The van der Waals surface area contributed by atoms with Crippen molar-refractivity contribution in [2.75, 3.05) is 0 Å². The lowest BCUT2D eigenvalue weighted by atomic mass is 10.0. The minimum absolute atomic E-state index is 0.140. The summed E-state index contributed by atoms with van der Waals surface area (Å²) in [5.41, 5.74) is 1.56. The van der Waals surface area contributed by atoms with Crippen LogP contribution in [-0.2, 0) is 0 Å². The summed E-state index contributed by atoms with van der Waals surface area (Å²) < 4.78 is 1.32. The van der Waals surface area contributed by atoms with Gasteiger partial charge < -0.3 is 0 Å². The van der Waals surface area contributed by atoms with Gasteiger partial charge in [0.25, 0.3) is 5.56 Å². The van der Waals surface area contributed by atoms with Crippen LogP contribution in [0.2, 0.25) is 0 Å². The van der Waals surface area contributed by atoms with Gasteiger partial charge in [0.2, 0.25) is 0 Å². The fourth-order valence-electron chi connectivity index (χ4n) is 2.51. The molecule has 2 heterocycles. The number of rotatable bonds is 1. The van der Waals surface area contributed by atoms with Gasteiger partial charge in [-0.05, 0) is 12.8 Å². The van der Waals surface area contributed by atoms with E-state index in [0.29, 0.717) is 17.1 Å². The van der Waals surface area contributed by atoms with Crippen molar-refractivity contribution >= 4 is 5.65 Å². The molecule has 17 heavy (non-hydrogen) atoms. The molecule has 5 nitrogen and oxygen atoms in total. The molecule has 0 spiro atoms. The molecule has 0 amide bonds. The Hall–Kier alpha value is -2.09. The molecule has 2 aromatic heterocycles. The maximum Gasteiger partial charge on any atom is 0.272 e. The van der Waals surface area contributed by atoms with Crippen LogP contribution in [0.1, 0.15) is 42.9 Å². The van der Waals surface area contributed by atoms with Crippen molar-refractivity contribution < 1.29 is 0 Å². The van der Waals surface area contributed by atoms with Crippen LogP contribution in [0.5, 0.6) is 0 Å². The Balaban J connectivity index is 2.21. The highest BCUT2D eigenvalue weighted by molar-refractivity contribution is 5.53.